The van der Waals surface area contributed by atoms with Crippen molar-refractivity contribution in [2.45, 2.75) is 108 Å². The van der Waals surface area contributed by atoms with Crippen molar-refractivity contribution < 1.29 is 9.53 Å². The van der Waals surface area contributed by atoms with Crippen LogP contribution in [0.15, 0.2) is 29.1 Å². The molecule has 1 aromatic heterocycles. The fraction of sp³-hybridized carbons (Fsp3) is 0.667. The maximum Gasteiger partial charge on any atom is 0.362 e. The lowest BCUT2D eigenvalue weighted by Gasteiger charge is -2.44. The zero-order valence-electron chi connectivity index (χ0n) is 19.9. The lowest BCUT2D eigenvalue weighted by Crippen LogP contribution is -2.50. The summed E-state index contributed by atoms with van der Waals surface area (Å²) in [6.45, 7) is 1.99. The van der Waals surface area contributed by atoms with E-state index in [0.717, 1.165) is 18.4 Å². The van der Waals surface area contributed by atoms with Crippen molar-refractivity contribution in [3.8, 4) is 0 Å². The number of nitrogens with zero attached hydrogens (tertiary/aromatic N) is 3. The molecule has 0 N–H and O–H groups in total. The molecular formula is C27H37N3O3. The minimum Gasteiger partial charge on any atom is -0.461 e. The van der Waals surface area contributed by atoms with Gasteiger partial charge in [-0.25, -0.2) is 9.78 Å². The first-order chi connectivity index (χ1) is 16.2. The molecule has 0 radical (unpaired) electrons. The Labute approximate surface area is 196 Å². The molecule has 2 bridgehead atoms. The van der Waals surface area contributed by atoms with E-state index >= 15 is 0 Å². The summed E-state index contributed by atoms with van der Waals surface area (Å²) in [5.41, 5.74) is 1.14. The lowest BCUT2D eigenvalue weighted by atomic mass is 9.91. The maximum atomic E-state index is 13.5. The summed E-state index contributed by atoms with van der Waals surface area (Å²) in [6.07, 6.45) is 15.3. The standard InChI is InChI=1S/C27H37N3O3/c1-2-33-27(32)25-26(31)30(24-14-10-9-13-23(24)28-25)22-17-20-15-16-21(18-22)29(20)19-11-7-5-3-4-6-8-12-19/h9-10,13-14,19-22H,2-8,11-12,15-18H2,1H3. The highest BCUT2D eigenvalue weighted by Gasteiger charge is 2.44. The van der Waals surface area contributed by atoms with E-state index in [1.54, 1.807) is 6.92 Å². The molecule has 6 nitrogen and oxygen atoms in total. The van der Waals surface area contributed by atoms with Crippen LogP contribution in [0.3, 0.4) is 0 Å². The third-order valence-corrected chi connectivity index (χ3v) is 8.14. The predicted octanol–water partition coefficient (Wildman–Crippen LogP) is 5.24. The van der Waals surface area contributed by atoms with Gasteiger partial charge in [0.05, 0.1) is 17.6 Å². The molecule has 2 aromatic rings. The molecular weight excluding hydrogens is 414 g/mol. The summed E-state index contributed by atoms with van der Waals surface area (Å²) < 4.78 is 7.04. The van der Waals surface area contributed by atoms with Crippen LogP contribution in [0.2, 0.25) is 0 Å². The van der Waals surface area contributed by atoms with Crippen LogP contribution in [0.5, 0.6) is 0 Å². The van der Waals surface area contributed by atoms with Crippen LogP contribution >= 0.6 is 0 Å². The number of rotatable bonds is 4. The highest BCUT2D eigenvalue weighted by Crippen LogP contribution is 2.44. The van der Waals surface area contributed by atoms with E-state index in [2.05, 4.69) is 9.88 Å². The molecule has 0 spiro atoms. The quantitative estimate of drug-likeness (QED) is 0.595. The number of fused-ring (bicyclic) bond motifs is 3. The van der Waals surface area contributed by atoms with E-state index in [-0.39, 0.29) is 23.9 Å². The summed E-state index contributed by atoms with van der Waals surface area (Å²) >= 11 is 0. The molecule has 2 atom stereocenters. The molecule has 1 aliphatic carbocycles. The third-order valence-electron chi connectivity index (χ3n) is 8.14. The highest BCUT2D eigenvalue weighted by molar-refractivity contribution is 5.89. The first-order valence-electron chi connectivity index (χ1n) is 13.1. The predicted molar refractivity (Wildman–Crippen MR) is 130 cm³/mol. The largest absolute Gasteiger partial charge is 0.461 e. The van der Waals surface area contributed by atoms with Gasteiger partial charge in [-0.15, -0.1) is 0 Å². The van der Waals surface area contributed by atoms with Gasteiger partial charge in [0.25, 0.3) is 5.56 Å². The number of hydrogen-bond acceptors (Lipinski definition) is 5. The number of carbonyl (C=O) groups is 1. The smallest absolute Gasteiger partial charge is 0.362 e. The Morgan fingerprint density at radius 2 is 1.55 bits per heavy atom. The van der Waals surface area contributed by atoms with Crippen molar-refractivity contribution >= 4 is 17.0 Å². The molecule has 2 unspecified atom stereocenters. The van der Waals surface area contributed by atoms with Gasteiger partial charge in [0.2, 0.25) is 5.69 Å². The number of piperidine rings is 1. The number of hydrogen-bond donors (Lipinski definition) is 0. The second-order valence-electron chi connectivity index (χ2n) is 10.2. The minimum absolute atomic E-state index is 0.0819. The van der Waals surface area contributed by atoms with Crippen LogP contribution in [-0.4, -0.2) is 45.2 Å². The third kappa shape index (κ3) is 4.46. The highest BCUT2D eigenvalue weighted by atomic mass is 16.5. The second kappa shape index (κ2) is 9.96. The lowest BCUT2D eigenvalue weighted by molar-refractivity contribution is 0.0498. The van der Waals surface area contributed by atoms with Gasteiger partial charge in [0.1, 0.15) is 0 Å². The van der Waals surface area contributed by atoms with Gasteiger partial charge >= 0.3 is 5.97 Å². The molecule has 6 heteroatoms. The fourth-order valence-electron chi connectivity index (χ4n) is 6.75. The van der Waals surface area contributed by atoms with E-state index in [1.807, 2.05) is 28.8 Å². The number of aromatic nitrogens is 2. The van der Waals surface area contributed by atoms with Crippen LogP contribution in [0, 0.1) is 0 Å². The summed E-state index contributed by atoms with van der Waals surface area (Å²) in [6, 6.07) is 9.56. The number of benzene rings is 1. The van der Waals surface area contributed by atoms with E-state index in [1.165, 1.54) is 64.2 Å². The summed E-state index contributed by atoms with van der Waals surface area (Å²) in [7, 11) is 0. The summed E-state index contributed by atoms with van der Waals surface area (Å²) in [4.78, 5) is 33.3. The van der Waals surface area contributed by atoms with Gasteiger partial charge in [-0.3, -0.25) is 9.69 Å². The summed E-state index contributed by atoms with van der Waals surface area (Å²) in [5, 5.41) is 0. The number of para-hydroxylation sites is 2. The minimum atomic E-state index is -0.618. The summed E-state index contributed by atoms with van der Waals surface area (Å²) in [5.74, 6) is -0.618. The van der Waals surface area contributed by atoms with Gasteiger partial charge in [-0.05, 0) is 57.6 Å². The Balaban J connectivity index is 1.46. The van der Waals surface area contributed by atoms with Crippen molar-refractivity contribution in [2.75, 3.05) is 6.61 Å². The molecule has 178 valence electrons. The normalized spacial score (nSPS) is 27.1. The van der Waals surface area contributed by atoms with Crippen LogP contribution in [-0.2, 0) is 4.74 Å². The molecule has 3 heterocycles. The first-order valence-corrected chi connectivity index (χ1v) is 13.1. The molecule has 3 aliphatic rings. The molecule has 1 aromatic carbocycles. The monoisotopic (exact) mass is 451 g/mol. The van der Waals surface area contributed by atoms with Gasteiger partial charge < -0.3 is 9.30 Å². The SMILES string of the molecule is CCOC(=O)c1nc2ccccc2n(C2CC3CCC(C2)N3C2CCCCCCCC2)c1=O. The molecule has 1 saturated carbocycles. The second-order valence-corrected chi connectivity index (χ2v) is 10.2. The van der Waals surface area contributed by atoms with Gasteiger partial charge in [0.15, 0.2) is 0 Å². The Morgan fingerprint density at radius 1 is 0.909 bits per heavy atom. The van der Waals surface area contributed by atoms with Crippen molar-refractivity contribution in [1.82, 2.24) is 14.5 Å². The first kappa shape index (κ1) is 22.6. The van der Waals surface area contributed by atoms with Crippen molar-refractivity contribution in [3.63, 3.8) is 0 Å². The Hall–Kier alpha value is -2.21. The Kier molecular flexibility index (Phi) is 6.81. The number of esters is 1. The molecule has 2 aliphatic heterocycles. The van der Waals surface area contributed by atoms with E-state index in [4.69, 9.17) is 4.74 Å². The van der Waals surface area contributed by atoms with Crippen molar-refractivity contribution in [3.05, 3.63) is 40.3 Å². The van der Waals surface area contributed by atoms with Crippen LogP contribution in [0.4, 0.5) is 0 Å². The van der Waals surface area contributed by atoms with E-state index < -0.39 is 5.97 Å². The molecule has 33 heavy (non-hydrogen) atoms. The molecule has 0 amide bonds. The molecule has 2 saturated heterocycles. The van der Waals surface area contributed by atoms with Gasteiger partial charge in [-0.1, -0.05) is 50.7 Å². The Morgan fingerprint density at radius 3 is 2.21 bits per heavy atom. The Bertz CT molecular complexity index is 1020. The number of carbonyl (C=O) groups excluding carboxylic acids is 1. The molecule has 3 fully saturated rings. The van der Waals surface area contributed by atoms with Crippen LogP contribution in [0.25, 0.3) is 11.0 Å². The topological polar surface area (TPSA) is 64.4 Å². The van der Waals surface area contributed by atoms with Crippen molar-refractivity contribution in [2.24, 2.45) is 0 Å². The average Bonchev–Trinajstić information content (AvgIpc) is 3.15. The zero-order valence-corrected chi connectivity index (χ0v) is 19.9. The molecule has 5 rings (SSSR count). The maximum absolute atomic E-state index is 13.5. The van der Waals surface area contributed by atoms with Crippen LogP contribution < -0.4 is 5.56 Å². The van der Waals surface area contributed by atoms with Crippen LogP contribution in [0.1, 0.15) is 101 Å². The van der Waals surface area contributed by atoms with Gasteiger partial charge in [0, 0.05) is 24.2 Å². The van der Waals surface area contributed by atoms with Crippen molar-refractivity contribution in [1.29, 1.82) is 0 Å². The number of ether oxygens (including phenoxy) is 1. The van der Waals surface area contributed by atoms with Gasteiger partial charge in [-0.2, -0.15) is 0 Å². The zero-order chi connectivity index (χ0) is 22.8. The average molecular weight is 452 g/mol. The van der Waals surface area contributed by atoms with E-state index in [0.29, 0.717) is 23.6 Å². The fourth-order valence-corrected chi connectivity index (χ4v) is 6.75. The van der Waals surface area contributed by atoms with E-state index in [9.17, 15) is 9.59 Å².